The summed E-state index contributed by atoms with van der Waals surface area (Å²) in [6, 6.07) is 9.55. The molecule has 3 aromatic rings. The van der Waals surface area contributed by atoms with Gasteiger partial charge in [0.25, 0.3) is 10.0 Å². The number of nitrogens with zero attached hydrogens (tertiary/aromatic N) is 1. The van der Waals surface area contributed by atoms with Crippen LogP contribution >= 0.6 is 11.6 Å². The smallest absolute Gasteiger partial charge is 0.265 e. The third kappa shape index (κ3) is 4.83. The van der Waals surface area contributed by atoms with Crippen LogP contribution in [-0.2, 0) is 21.2 Å². The van der Waals surface area contributed by atoms with Crippen LogP contribution in [-0.4, -0.2) is 26.6 Å². The van der Waals surface area contributed by atoms with Crippen LogP contribution in [0.1, 0.15) is 25.1 Å². The average molecular weight is 464 g/mol. The number of benzene rings is 2. The van der Waals surface area contributed by atoms with Gasteiger partial charge in [-0.05, 0) is 48.7 Å². The molecule has 0 bridgehead atoms. The number of rotatable bonds is 7. The molecule has 31 heavy (non-hydrogen) atoms. The summed E-state index contributed by atoms with van der Waals surface area (Å²) in [6.07, 6.45) is 0.520. The summed E-state index contributed by atoms with van der Waals surface area (Å²) in [4.78, 5) is 11.5. The molecule has 1 amide bonds. The molecular formula is C21H22ClN3O5S. The standard InChI is InChI=1S/C21H22ClN3O5S/c1-5-17-20(21(30-24-17)23-13(3)26)14-7-9-18(29-4)19(10-14)31(27,28)25-15-8-6-12(2)16(22)11-15/h6-11,25H,5H2,1-4H3,(H,23,26). The van der Waals surface area contributed by atoms with Crippen molar-refractivity contribution in [2.45, 2.75) is 32.1 Å². The summed E-state index contributed by atoms with van der Waals surface area (Å²) >= 11 is 6.12. The second kappa shape index (κ2) is 8.99. The van der Waals surface area contributed by atoms with Gasteiger partial charge in [-0.3, -0.25) is 14.8 Å². The lowest BCUT2D eigenvalue weighted by atomic mass is 10.0. The molecule has 0 atom stereocenters. The van der Waals surface area contributed by atoms with Crippen molar-refractivity contribution < 1.29 is 22.5 Å². The minimum atomic E-state index is -4.03. The number of halogens is 1. The monoisotopic (exact) mass is 463 g/mol. The zero-order valence-corrected chi connectivity index (χ0v) is 19.0. The molecule has 0 spiro atoms. The molecule has 3 rings (SSSR count). The fourth-order valence-corrected chi connectivity index (χ4v) is 4.44. The van der Waals surface area contributed by atoms with Gasteiger partial charge in [0, 0.05) is 11.9 Å². The molecule has 0 unspecified atom stereocenters. The predicted octanol–water partition coefficient (Wildman–Crippen LogP) is 4.63. The summed E-state index contributed by atoms with van der Waals surface area (Å²) in [5.74, 6) is -0.0273. The van der Waals surface area contributed by atoms with E-state index in [0.717, 1.165) is 5.56 Å². The van der Waals surface area contributed by atoms with Crippen molar-refractivity contribution >= 4 is 39.1 Å². The van der Waals surface area contributed by atoms with Crippen molar-refractivity contribution in [2.75, 3.05) is 17.1 Å². The molecule has 0 fully saturated rings. The molecule has 10 heteroatoms. The van der Waals surface area contributed by atoms with Gasteiger partial charge in [-0.2, -0.15) is 0 Å². The van der Waals surface area contributed by atoms with Crippen molar-refractivity contribution in [1.29, 1.82) is 0 Å². The number of anilines is 2. The number of hydrogen-bond acceptors (Lipinski definition) is 6. The number of ether oxygens (including phenoxy) is 1. The maximum atomic E-state index is 13.2. The Kier molecular flexibility index (Phi) is 6.56. The third-order valence-corrected chi connectivity index (χ3v) is 6.36. The van der Waals surface area contributed by atoms with E-state index in [0.29, 0.717) is 34.0 Å². The maximum Gasteiger partial charge on any atom is 0.265 e. The van der Waals surface area contributed by atoms with Crippen LogP contribution in [0.4, 0.5) is 11.6 Å². The lowest BCUT2D eigenvalue weighted by molar-refractivity contribution is -0.114. The van der Waals surface area contributed by atoms with Gasteiger partial charge in [0.1, 0.15) is 10.6 Å². The van der Waals surface area contributed by atoms with E-state index >= 15 is 0 Å². The van der Waals surface area contributed by atoms with Gasteiger partial charge in [0.15, 0.2) is 0 Å². The highest BCUT2D eigenvalue weighted by molar-refractivity contribution is 7.92. The van der Waals surface area contributed by atoms with E-state index in [1.165, 1.54) is 32.2 Å². The van der Waals surface area contributed by atoms with Gasteiger partial charge in [-0.1, -0.05) is 35.8 Å². The Hall–Kier alpha value is -3.04. The van der Waals surface area contributed by atoms with Crippen LogP contribution in [0.2, 0.25) is 5.02 Å². The van der Waals surface area contributed by atoms with Gasteiger partial charge in [-0.25, -0.2) is 8.42 Å². The Bertz CT molecular complexity index is 1240. The molecule has 2 aromatic carbocycles. The van der Waals surface area contributed by atoms with Crippen LogP contribution in [0, 0.1) is 6.92 Å². The molecule has 0 radical (unpaired) electrons. The van der Waals surface area contributed by atoms with Crippen molar-refractivity contribution in [2.24, 2.45) is 0 Å². The fraction of sp³-hybridized carbons (Fsp3) is 0.238. The van der Waals surface area contributed by atoms with Gasteiger partial charge in [-0.15, -0.1) is 0 Å². The fourth-order valence-electron chi connectivity index (χ4n) is 3.02. The second-order valence-electron chi connectivity index (χ2n) is 6.80. The molecule has 0 saturated heterocycles. The summed E-state index contributed by atoms with van der Waals surface area (Å²) in [6.45, 7) is 5.05. The first-order valence-corrected chi connectivity index (χ1v) is 11.3. The number of amides is 1. The summed E-state index contributed by atoms with van der Waals surface area (Å²) in [7, 11) is -2.64. The molecular weight excluding hydrogens is 442 g/mol. The van der Waals surface area contributed by atoms with Crippen LogP contribution in [0.3, 0.4) is 0 Å². The summed E-state index contributed by atoms with van der Waals surface area (Å²) < 4.78 is 39.4. The van der Waals surface area contributed by atoms with Crippen molar-refractivity contribution in [1.82, 2.24) is 5.16 Å². The molecule has 2 N–H and O–H groups in total. The SMILES string of the molecule is CCc1noc(NC(C)=O)c1-c1ccc(OC)c(S(=O)(=O)Nc2ccc(C)c(Cl)c2)c1. The third-order valence-electron chi connectivity index (χ3n) is 4.55. The highest BCUT2D eigenvalue weighted by Crippen LogP contribution is 2.37. The molecule has 0 saturated carbocycles. The Morgan fingerprint density at radius 1 is 1.23 bits per heavy atom. The minimum absolute atomic E-state index is 0.0822. The Morgan fingerprint density at radius 3 is 2.58 bits per heavy atom. The number of carbonyl (C=O) groups excluding carboxylic acids is 1. The lowest BCUT2D eigenvalue weighted by Crippen LogP contribution is -2.14. The van der Waals surface area contributed by atoms with E-state index in [1.807, 2.05) is 13.8 Å². The van der Waals surface area contributed by atoms with Crippen LogP contribution in [0.5, 0.6) is 5.75 Å². The zero-order chi connectivity index (χ0) is 22.8. The first-order valence-electron chi connectivity index (χ1n) is 9.39. The predicted molar refractivity (Wildman–Crippen MR) is 119 cm³/mol. The molecule has 0 aliphatic heterocycles. The topological polar surface area (TPSA) is 111 Å². The Morgan fingerprint density at radius 2 is 1.97 bits per heavy atom. The molecule has 1 heterocycles. The Balaban J connectivity index is 2.10. The number of sulfonamides is 1. The van der Waals surface area contributed by atoms with Gasteiger partial charge < -0.3 is 9.26 Å². The number of carbonyl (C=O) groups is 1. The largest absolute Gasteiger partial charge is 0.495 e. The van der Waals surface area contributed by atoms with Gasteiger partial charge in [0.2, 0.25) is 11.8 Å². The highest BCUT2D eigenvalue weighted by Gasteiger charge is 2.24. The van der Waals surface area contributed by atoms with Crippen LogP contribution < -0.4 is 14.8 Å². The summed E-state index contributed by atoms with van der Waals surface area (Å²) in [5.41, 5.74) is 2.74. The summed E-state index contributed by atoms with van der Waals surface area (Å²) in [5, 5.41) is 7.01. The van der Waals surface area contributed by atoms with E-state index in [1.54, 1.807) is 18.2 Å². The molecule has 1 aromatic heterocycles. The van der Waals surface area contributed by atoms with E-state index in [-0.39, 0.29) is 22.4 Å². The van der Waals surface area contributed by atoms with Gasteiger partial charge >= 0.3 is 0 Å². The molecule has 8 nitrogen and oxygen atoms in total. The van der Waals surface area contributed by atoms with E-state index < -0.39 is 10.0 Å². The van der Waals surface area contributed by atoms with Crippen molar-refractivity contribution in [3.05, 3.63) is 52.7 Å². The maximum absolute atomic E-state index is 13.2. The lowest BCUT2D eigenvalue weighted by Gasteiger charge is -2.14. The van der Waals surface area contributed by atoms with E-state index in [9.17, 15) is 13.2 Å². The number of methoxy groups -OCH3 is 1. The van der Waals surface area contributed by atoms with Crippen molar-refractivity contribution in [3.8, 4) is 16.9 Å². The zero-order valence-electron chi connectivity index (χ0n) is 17.4. The normalized spacial score (nSPS) is 11.3. The first-order chi connectivity index (χ1) is 14.7. The second-order valence-corrected chi connectivity index (χ2v) is 8.86. The Labute approximate surface area is 185 Å². The van der Waals surface area contributed by atoms with Crippen LogP contribution in [0.25, 0.3) is 11.1 Å². The quantitative estimate of drug-likeness (QED) is 0.528. The number of nitrogens with one attached hydrogen (secondary N) is 2. The van der Waals surface area contributed by atoms with E-state index in [2.05, 4.69) is 15.2 Å². The molecule has 164 valence electrons. The number of hydrogen-bond donors (Lipinski definition) is 2. The van der Waals surface area contributed by atoms with Crippen LogP contribution in [0.15, 0.2) is 45.8 Å². The molecule has 0 aliphatic carbocycles. The van der Waals surface area contributed by atoms with E-state index in [4.69, 9.17) is 20.9 Å². The molecule has 0 aliphatic rings. The number of aromatic nitrogens is 1. The first kappa shape index (κ1) is 22.6. The highest BCUT2D eigenvalue weighted by atomic mass is 35.5. The minimum Gasteiger partial charge on any atom is -0.495 e. The van der Waals surface area contributed by atoms with Gasteiger partial charge in [0.05, 0.1) is 24.1 Å². The van der Waals surface area contributed by atoms with Crippen molar-refractivity contribution in [3.63, 3.8) is 0 Å². The average Bonchev–Trinajstić information content (AvgIpc) is 3.12. The number of aryl methyl sites for hydroxylation is 2.